The van der Waals surface area contributed by atoms with Crippen LogP contribution >= 0.6 is 22.9 Å². The van der Waals surface area contributed by atoms with Gasteiger partial charge in [0, 0.05) is 18.1 Å². The van der Waals surface area contributed by atoms with Gasteiger partial charge in [0.1, 0.15) is 0 Å². The van der Waals surface area contributed by atoms with Crippen LogP contribution < -0.4 is 4.72 Å². The van der Waals surface area contributed by atoms with E-state index in [1.54, 1.807) is 11.6 Å². The Bertz CT molecular complexity index is 731. The van der Waals surface area contributed by atoms with E-state index < -0.39 is 16.1 Å². The number of hydrogen-bond donors (Lipinski definition) is 2. The topological polar surface area (TPSA) is 83.7 Å². The molecule has 2 rings (SSSR count). The fraction of sp³-hybridized carbons (Fsp3) is 0.583. The van der Waals surface area contributed by atoms with Crippen molar-refractivity contribution in [2.75, 3.05) is 6.54 Å². The summed E-state index contributed by atoms with van der Waals surface area (Å²) < 4.78 is 28.5. The van der Waals surface area contributed by atoms with Gasteiger partial charge in [-0.05, 0) is 11.8 Å². The van der Waals surface area contributed by atoms with Crippen LogP contribution in [0.4, 0.5) is 0 Å². The van der Waals surface area contributed by atoms with Gasteiger partial charge in [0.05, 0.1) is 6.10 Å². The van der Waals surface area contributed by atoms with Crippen molar-refractivity contribution in [2.45, 2.75) is 38.3 Å². The molecule has 0 saturated heterocycles. The summed E-state index contributed by atoms with van der Waals surface area (Å²) in [4.78, 5) is 4.50. The second-order valence-corrected chi connectivity index (χ2v) is 8.95. The number of rotatable bonds is 5. The van der Waals surface area contributed by atoms with E-state index in [2.05, 4.69) is 9.71 Å². The molecular weight excluding hydrogens is 334 g/mol. The summed E-state index contributed by atoms with van der Waals surface area (Å²) in [5.41, 5.74) is -0.0836. The first-order valence-corrected chi connectivity index (χ1v) is 9.13. The van der Waals surface area contributed by atoms with E-state index in [1.165, 1.54) is 15.7 Å². The van der Waals surface area contributed by atoms with Crippen LogP contribution in [0.5, 0.6) is 0 Å². The molecule has 1 atom stereocenters. The van der Waals surface area contributed by atoms with Crippen LogP contribution in [0, 0.1) is 5.41 Å². The van der Waals surface area contributed by atoms with Crippen molar-refractivity contribution >= 4 is 37.9 Å². The highest BCUT2D eigenvalue weighted by Crippen LogP contribution is 2.25. The van der Waals surface area contributed by atoms with Crippen molar-refractivity contribution in [1.29, 1.82) is 0 Å². The van der Waals surface area contributed by atoms with Crippen molar-refractivity contribution in [3.8, 4) is 0 Å². The predicted molar refractivity (Wildman–Crippen MR) is 83.3 cm³/mol. The molecule has 6 nitrogen and oxygen atoms in total. The first-order valence-electron chi connectivity index (χ1n) is 6.39. The standard InChI is InChI=1S/C12H18ClN3O3S2/c1-12(2,3)6-8(17)7-14-21(18,19)10-9(13)15-11-16(10)4-5-20-11/h4-5,8,14,17H,6-7H2,1-3H3. The van der Waals surface area contributed by atoms with Gasteiger partial charge in [-0.1, -0.05) is 32.4 Å². The van der Waals surface area contributed by atoms with Gasteiger partial charge in [-0.25, -0.2) is 18.1 Å². The zero-order chi connectivity index (χ0) is 15.8. The maximum absolute atomic E-state index is 12.3. The van der Waals surface area contributed by atoms with Gasteiger partial charge >= 0.3 is 0 Å². The van der Waals surface area contributed by atoms with E-state index in [4.69, 9.17) is 11.6 Å². The number of halogens is 1. The van der Waals surface area contributed by atoms with Crippen LogP contribution in [-0.4, -0.2) is 35.6 Å². The zero-order valence-electron chi connectivity index (χ0n) is 12.0. The van der Waals surface area contributed by atoms with Gasteiger partial charge in [0.25, 0.3) is 10.0 Å². The average Bonchev–Trinajstić information content (AvgIpc) is 2.83. The number of thiazole rings is 1. The molecule has 0 aromatic carbocycles. The van der Waals surface area contributed by atoms with E-state index in [0.29, 0.717) is 11.4 Å². The van der Waals surface area contributed by atoms with Gasteiger partial charge in [-0.15, -0.1) is 11.3 Å². The first-order chi connectivity index (χ1) is 9.60. The number of hydrogen-bond acceptors (Lipinski definition) is 5. The first kappa shape index (κ1) is 16.7. The molecule has 0 spiro atoms. The van der Waals surface area contributed by atoms with E-state index in [1.807, 2.05) is 20.8 Å². The Labute approximate surface area is 132 Å². The summed E-state index contributed by atoms with van der Waals surface area (Å²) >= 11 is 7.20. The van der Waals surface area contributed by atoms with Crippen molar-refractivity contribution in [3.63, 3.8) is 0 Å². The molecule has 2 N–H and O–H groups in total. The number of imidazole rings is 1. The number of nitrogens with zero attached hydrogens (tertiary/aromatic N) is 2. The smallest absolute Gasteiger partial charge is 0.259 e. The third kappa shape index (κ3) is 3.95. The Balaban J connectivity index is 2.16. The van der Waals surface area contributed by atoms with Crippen LogP contribution in [-0.2, 0) is 10.0 Å². The molecule has 0 aliphatic rings. The summed E-state index contributed by atoms with van der Waals surface area (Å²) in [6.07, 6.45) is 1.33. The quantitative estimate of drug-likeness (QED) is 0.864. The van der Waals surface area contributed by atoms with Crippen LogP contribution in [0.2, 0.25) is 5.15 Å². The van der Waals surface area contributed by atoms with Crippen molar-refractivity contribution < 1.29 is 13.5 Å². The lowest BCUT2D eigenvalue weighted by Gasteiger charge is -2.22. The maximum atomic E-state index is 12.3. The van der Waals surface area contributed by atoms with Crippen LogP contribution in [0.1, 0.15) is 27.2 Å². The molecule has 118 valence electrons. The minimum Gasteiger partial charge on any atom is -0.392 e. The van der Waals surface area contributed by atoms with Crippen molar-refractivity contribution in [1.82, 2.24) is 14.1 Å². The van der Waals surface area contributed by atoms with Gasteiger partial charge in [-0.3, -0.25) is 4.40 Å². The molecule has 0 saturated carbocycles. The van der Waals surface area contributed by atoms with Gasteiger partial charge in [0.15, 0.2) is 15.1 Å². The van der Waals surface area contributed by atoms with E-state index in [0.717, 1.165) is 0 Å². The van der Waals surface area contributed by atoms with Crippen molar-refractivity contribution in [2.24, 2.45) is 5.41 Å². The highest BCUT2D eigenvalue weighted by atomic mass is 35.5. The molecule has 2 heterocycles. The SMILES string of the molecule is CC(C)(C)CC(O)CNS(=O)(=O)c1c(Cl)nc2sccn12. The molecule has 21 heavy (non-hydrogen) atoms. The number of aliphatic hydroxyl groups is 1. The minimum atomic E-state index is -3.83. The molecular formula is C12H18ClN3O3S2. The summed E-state index contributed by atoms with van der Waals surface area (Å²) in [6, 6.07) is 0. The Morgan fingerprint density at radius 1 is 1.52 bits per heavy atom. The number of nitrogens with one attached hydrogen (secondary N) is 1. The molecule has 0 amide bonds. The third-order valence-electron chi connectivity index (χ3n) is 2.79. The lowest BCUT2D eigenvalue weighted by atomic mass is 9.89. The number of sulfonamides is 1. The lowest BCUT2D eigenvalue weighted by molar-refractivity contribution is 0.125. The second-order valence-electron chi connectivity index (χ2n) is 6.03. The van der Waals surface area contributed by atoms with Crippen LogP contribution in [0.3, 0.4) is 0 Å². The lowest BCUT2D eigenvalue weighted by Crippen LogP contribution is -2.34. The highest BCUT2D eigenvalue weighted by Gasteiger charge is 2.26. The molecule has 1 unspecified atom stereocenters. The highest BCUT2D eigenvalue weighted by molar-refractivity contribution is 7.89. The molecule has 2 aromatic rings. The van der Waals surface area contributed by atoms with Crippen LogP contribution in [0.25, 0.3) is 4.96 Å². The molecule has 0 aliphatic heterocycles. The monoisotopic (exact) mass is 351 g/mol. The number of fused-ring (bicyclic) bond motifs is 1. The molecule has 9 heteroatoms. The maximum Gasteiger partial charge on any atom is 0.259 e. The fourth-order valence-electron chi connectivity index (χ4n) is 2.03. The summed E-state index contributed by atoms with van der Waals surface area (Å²) in [5, 5.41) is 11.5. The number of aromatic nitrogens is 2. The largest absolute Gasteiger partial charge is 0.392 e. The van der Waals surface area contributed by atoms with Gasteiger partial charge in [-0.2, -0.15) is 0 Å². The van der Waals surface area contributed by atoms with Gasteiger partial charge < -0.3 is 5.11 Å². The summed E-state index contributed by atoms with van der Waals surface area (Å²) in [5.74, 6) is 0. The van der Waals surface area contributed by atoms with E-state index in [9.17, 15) is 13.5 Å². The molecule has 0 aliphatic carbocycles. The Morgan fingerprint density at radius 3 is 2.81 bits per heavy atom. The molecule has 0 fully saturated rings. The predicted octanol–water partition coefficient (Wildman–Crippen LogP) is 2.12. The van der Waals surface area contributed by atoms with Gasteiger partial charge in [0.2, 0.25) is 0 Å². The Morgan fingerprint density at radius 2 is 2.19 bits per heavy atom. The average molecular weight is 352 g/mol. The number of aliphatic hydroxyl groups excluding tert-OH is 1. The third-order valence-corrected chi connectivity index (χ3v) is 5.37. The second kappa shape index (κ2) is 5.85. The summed E-state index contributed by atoms with van der Waals surface area (Å²) in [7, 11) is -3.83. The summed E-state index contributed by atoms with van der Waals surface area (Å²) in [6.45, 7) is 5.88. The molecule has 0 radical (unpaired) electrons. The van der Waals surface area contributed by atoms with E-state index in [-0.39, 0.29) is 22.1 Å². The molecule has 2 aromatic heterocycles. The van der Waals surface area contributed by atoms with Crippen molar-refractivity contribution in [3.05, 3.63) is 16.7 Å². The minimum absolute atomic E-state index is 0.0622. The fourth-order valence-corrected chi connectivity index (χ4v) is 4.55. The zero-order valence-corrected chi connectivity index (χ0v) is 14.4. The molecule has 0 bridgehead atoms. The van der Waals surface area contributed by atoms with Crippen LogP contribution in [0.15, 0.2) is 16.6 Å². The Hall–Kier alpha value is -0.670. The normalized spacial score (nSPS) is 14.7. The van der Waals surface area contributed by atoms with E-state index >= 15 is 0 Å². The Kier molecular flexibility index (Phi) is 4.65.